The van der Waals surface area contributed by atoms with E-state index < -0.39 is 0 Å². The summed E-state index contributed by atoms with van der Waals surface area (Å²) in [5, 5.41) is 11.1. The maximum absolute atomic E-state index is 9.09. The van der Waals surface area contributed by atoms with Crippen molar-refractivity contribution in [2.45, 2.75) is 25.3 Å². The number of fused-ring (bicyclic) bond motifs is 3. The molecule has 0 aromatic carbocycles. The molecule has 0 aliphatic carbocycles. The fourth-order valence-electron chi connectivity index (χ4n) is 3.04. The molecule has 1 atom stereocenters. The molecule has 0 radical (unpaired) electrons. The first-order valence-electron chi connectivity index (χ1n) is 7.06. The summed E-state index contributed by atoms with van der Waals surface area (Å²) in [7, 11) is 0. The van der Waals surface area contributed by atoms with Gasteiger partial charge in [0.25, 0.3) is 0 Å². The summed E-state index contributed by atoms with van der Waals surface area (Å²) < 4.78 is 9.01. The lowest BCUT2D eigenvalue weighted by atomic mass is 10.1. The molecule has 4 rings (SSSR count). The van der Waals surface area contributed by atoms with E-state index in [1.54, 1.807) is 11.3 Å². The topological polar surface area (TPSA) is 63.7 Å². The van der Waals surface area contributed by atoms with Gasteiger partial charge in [-0.25, -0.2) is 4.98 Å². The van der Waals surface area contributed by atoms with E-state index in [1.165, 1.54) is 0 Å². The van der Waals surface area contributed by atoms with Crippen LogP contribution in [0.2, 0.25) is 0 Å². The van der Waals surface area contributed by atoms with Crippen LogP contribution in [0, 0.1) is 11.3 Å². The highest BCUT2D eigenvalue weighted by molar-refractivity contribution is 7.18. The van der Waals surface area contributed by atoms with E-state index in [4.69, 9.17) is 10.00 Å². The Kier molecular flexibility index (Phi) is 3.09. The zero-order valence-electron chi connectivity index (χ0n) is 11.5. The molecule has 4 heterocycles. The molecule has 3 aromatic heterocycles. The number of nitriles is 1. The zero-order chi connectivity index (χ0) is 14.2. The van der Waals surface area contributed by atoms with E-state index in [1.807, 2.05) is 12.3 Å². The van der Waals surface area contributed by atoms with E-state index in [0.717, 1.165) is 46.5 Å². The number of hydrogen-bond donors (Lipinski definition) is 0. The van der Waals surface area contributed by atoms with Gasteiger partial charge in [0, 0.05) is 6.61 Å². The highest BCUT2D eigenvalue weighted by Crippen LogP contribution is 2.33. The summed E-state index contributed by atoms with van der Waals surface area (Å²) in [4.78, 5) is 9.09. The summed E-state index contributed by atoms with van der Waals surface area (Å²) in [5.74, 6) is 0.825. The molecule has 5 nitrogen and oxygen atoms in total. The first-order valence-corrected chi connectivity index (χ1v) is 7.94. The lowest BCUT2D eigenvalue weighted by Gasteiger charge is -2.25. The quantitative estimate of drug-likeness (QED) is 0.729. The molecule has 0 N–H and O–H groups in total. The minimum Gasteiger partial charge on any atom is -0.379 e. The van der Waals surface area contributed by atoms with Gasteiger partial charge in [0.05, 0.1) is 47.1 Å². The fraction of sp³-hybridized carbons (Fsp3) is 0.400. The smallest absolute Gasteiger partial charge is 0.124 e. The molecule has 0 spiro atoms. The number of nitrogens with zero attached hydrogens (tertiary/aromatic N) is 4. The minimum absolute atomic E-state index is 0.264. The predicted octanol–water partition coefficient (Wildman–Crippen LogP) is 3.06. The van der Waals surface area contributed by atoms with Crippen molar-refractivity contribution in [3.05, 3.63) is 23.5 Å². The standard InChI is InChI=1S/C15H14N4OS/c16-5-3-13-18-12-8-17-11-4-7-21-15(11)14(12)19(13)10-2-1-6-20-9-10/h4,7-8,10H,1-3,6,9H2/t10-/m0/s1. The SMILES string of the molecule is N#CCc1nc2cnc3ccsc3c2n1[C@H]1CCCOC1. The van der Waals surface area contributed by atoms with E-state index in [-0.39, 0.29) is 6.04 Å². The second kappa shape index (κ2) is 5.10. The van der Waals surface area contributed by atoms with Gasteiger partial charge in [-0.15, -0.1) is 11.3 Å². The number of imidazole rings is 1. The summed E-state index contributed by atoms with van der Waals surface area (Å²) >= 11 is 1.68. The van der Waals surface area contributed by atoms with Crippen LogP contribution in [-0.4, -0.2) is 27.7 Å². The van der Waals surface area contributed by atoms with Crippen LogP contribution < -0.4 is 0 Å². The van der Waals surface area contributed by atoms with Crippen LogP contribution in [0.3, 0.4) is 0 Å². The van der Waals surface area contributed by atoms with Crippen molar-refractivity contribution in [1.29, 1.82) is 5.26 Å². The van der Waals surface area contributed by atoms with Crippen LogP contribution in [-0.2, 0) is 11.2 Å². The molecule has 1 aliphatic rings. The normalized spacial score (nSPS) is 19.1. The van der Waals surface area contributed by atoms with Crippen molar-refractivity contribution >= 4 is 32.6 Å². The average Bonchev–Trinajstić information content (AvgIpc) is 3.11. The Bertz CT molecular complexity index is 838. The van der Waals surface area contributed by atoms with E-state index in [0.29, 0.717) is 13.0 Å². The van der Waals surface area contributed by atoms with Crippen molar-refractivity contribution < 1.29 is 4.74 Å². The second-order valence-electron chi connectivity index (χ2n) is 5.23. The van der Waals surface area contributed by atoms with Gasteiger partial charge in [-0.05, 0) is 24.3 Å². The second-order valence-corrected chi connectivity index (χ2v) is 6.15. The van der Waals surface area contributed by atoms with E-state index >= 15 is 0 Å². The highest BCUT2D eigenvalue weighted by atomic mass is 32.1. The molecule has 0 unspecified atom stereocenters. The van der Waals surface area contributed by atoms with Crippen LogP contribution >= 0.6 is 11.3 Å². The van der Waals surface area contributed by atoms with Crippen molar-refractivity contribution in [1.82, 2.24) is 14.5 Å². The van der Waals surface area contributed by atoms with Gasteiger partial charge in [0.2, 0.25) is 0 Å². The largest absolute Gasteiger partial charge is 0.379 e. The van der Waals surface area contributed by atoms with Crippen LogP contribution in [0.5, 0.6) is 0 Å². The molecule has 0 bridgehead atoms. The molecule has 6 heteroatoms. The first kappa shape index (κ1) is 12.7. The van der Waals surface area contributed by atoms with Gasteiger partial charge in [0.15, 0.2) is 0 Å². The summed E-state index contributed by atoms with van der Waals surface area (Å²) in [6, 6.07) is 4.51. The van der Waals surface area contributed by atoms with Crippen LogP contribution in [0.1, 0.15) is 24.7 Å². The Labute approximate surface area is 125 Å². The Morgan fingerprint density at radius 2 is 2.43 bits per heavy atom. The number of ether oxygens (including phenoxy) is 1. The molecule has 0 saturated carbocycles. The molecule has 1 fully saturated rings. The monoisotopic (exact) mass is 298 g/mol. The zero-order valence-corrected chi connectivity index (χ0v) is 12.3. The Morgan fingerprint density at radius 1 is 1.48 bits per heavy atom. The average molecular weight is 298 g/mol. The van der Waals surface area contributed by atoms with Crippen molar-refractivity contribution in [3.8, 4) is 6.07 Å². The molecule has 1 aliphatic heterocycles. The van der Waals surface area contributed by atoms with E-state index in [9.17, 15) is 0 Å². The van der Waals surface area contributed by atoms with Crippen LogP contribution in [0.4, 0.5) is 0 Å². The third-order valence-corrected chi connectivity index (χ3v) is 4.85. The minimum atomic E-state index is 0.264. The molecule has 3 aromatic rings. The van der Waals surface area contributed by atoms with Gasteiger partial charge in [-0.3, -0.25) is 4.98 Å². The van der Waals surface area contributed by atoms with Gasteiger partial charge < -0.3 is 9.30 Å². The number of aromatic nitrogens is 3. The predicted molar refractivity (Wildman–Crippen MR) is 81.3 cm³/mol. The lowest BCUT2D eigenvalue weighted by molar-refractivity contribution is 0.0597. The summed E-state index contributed by atoms with van der Waals surface area (Å²) in [5.41, 5.74) is 2.98. The molecular formula is C15H14N4OS. The highest BCUT2D eigenvalue weighted by Gasteiger charge is 2.23. The van der Waals surface area contributed by atoms with Gasteiger partial charge >= 0.3 is 0 Å². The number of thiophene rings is 1. The van der Waals surface area contributed by atoms with Crippen molar-refractivity contribution in [2.24, 2.45) is 0 Å². The van der Waals surface area contributed by atoms with Gasteiger partial charge in [-0.1, -0.05) is 0 Å². The van der Waals surface area contributed by atoms with Crippen LogP contribution in [0.15, 0.2) is 17.6 Å². The van der Waals surface area contributed by atoms with Gasteiger partial charge in [0.1, 0.15) is 11.3 Å². The molecule has 106 valence electrons. The molecule has 21 heavy (non-hydrogen) atoms. The Balaban J connectivity index is 2.00. The third kappa shape index (κ3) is 2.01. The van der Waals surface area contributed by atoms with Crippen LogP contribution in [0.25, 0.3) is 21.3 Å². The Hall–Kier alpha value is -1.97. The van der Waals surface area contributed by atoms with Crippen molar-refractivity contribution in [3.63, 3.8) is 0 Å². The lowest BCUT2D eigenvalue weighted by Crippen LogP contribution is -2.22. The number of rotatable bonds is 2. The molecule has 1 saturated heterocycles. The summed E-state index contributed by atoms with van der Waals surface area (Å²) in [6.07, 6.45) is 4.25. The maximum atomic E-state index is 9.09. The number of pyridine rings is 1. The Morgan fingerprint density at radius 3 is 3.24 bits per heavy atom. The van der Waals surface area contributed by atoms with Gasteiger partial charge in [-0.2, -0.15) is 5.26 Å². The summed E-state index contributed by atoms with van der Waals surface area (Å²) in [6.45, 7) is 1.52. The van der Waals surface area contributed by atoms with E-state index in [2.05, 4.69) is 26.0 Å². The first-order chi connectivity index (χ1) is 10.4. The number of hydrogen-bond acceptors (Lipinski definition) is 5. The third-order valence-electron chi connectivity index (χ3n) is 3.94. The molecule has 0 amide bonds. The fourth-order valence-corrected chi connectivity index (χ4v) is 3.93. The molecular weight excluding hydrogens is 284 g/mol. The maximum Gasteiger partial charge on any atom is 0.124 e. The van der Waals surface area contributed by atoms with Crippen molar-refractivity contribution in [2.75, 3.05) is 13.2 Å².